The summed E-state index contributed by atoms with van der Waals surface area (Å²) in [7, 11) is 1.75. The van der Waals surface area contributed by atoms with Crippen molar-refractivity contribution in [1.82, 2.24) is 4.90 Å². The molecule has 22 heavy (non-hydrogen) atoms. The van der Waals surface area contributed by atoms with E-state index in [4.69, 9.17) is 10.5 Å². The summed E-state index contributed by atoms with van der Waals surface area (Å²) in [5, 5.41) is 10.4. The molecular weight excluding hydrogens is 280 g/mol. The third-order valence-electron chi connectivity index (χ3n) is 3.20. The van der Waals surface area contributed by atoms with Gasteiger partial charge >= 0.3 is 0 Å². The maximum atomic E-state index is 10.4. The molecule has 0 saturated carbocycles. The molecule has 0 bridgehead atoms. The predicted molar refractivity (Wildman–Crippen MR) is 95.4 cm³/mol. The number of nitrogens with two attached hydrogens (primary N) is 1. The fraction of sp³-hybridized carbons (Fsp3) is 0.882. The number of hydrogen-bond donors (Lipinski definition) is 2. The molecule has 0 aliphatic carbocycles. The fourth-order valence-corrected chi connectivity index (χ4v) is 1.55. The lowest BCUT2D eigenvalue weighted by Crippen LogP contribution is -2.56. The molecule has 0 heterocycles. The third kappa shape index (κ3) is 10.3. The average molecular weight is 321 g/mol. The van der Waals surface area contributed by atoms with Crippen LogP contribution in [0.1, 0.15) is 69.2 Å². The molecule has 0 aromatic heterocycles. The Bertz CT molecular complexity index is 326. The van der Waals surface area contributed by atoms with Crippen LogP contribution in [0.15, 0.2) is 11.6 Å². The number of ether oxygens (including phenoxy) is 1. The molecule has 0 amide bonds. The van der Waals surface area contributed by atoms with Gasteiger partial charge in [0.05, 0.1) is 11.8 Å². The number of allylic oxidation sites excluding steroid dienone is 1. The Kier molecular flexibility index (Phi) is 11.6. The predicted octanol–water partition coefficient (Wildman–Crippen LogP) is 2.88. The summed E-state index contributed by atoms with van der Waals surface area (Å²) in [5.74, 6) is -1.41. The van der Waals surface area contributed by atoms with Crippen LogP contribution in [0.4, 0.5) is 0 Å². The lowest BCUT2D eigenvalue weighted by molar-refractivity contribution is -0.316. The van der Waals surface area contributed by atoms with E-state index < -0.39 is 17.7 Å². The quantitative estimate of drug-likeness (QED) is 0.615. The largest absolute Gasteiger partial charge is 0.412 e. The first-order chi connectivity index (χ1) is 9.17. The topological polar surface area (TPSA) is 90.2 Å². The van der Waals surface area contributed by atoms with Crippen LogP contribution in [0.5, 0.6) is 0 Å². The van der Waals surface area contributed by atoms with Gasteiger partial charge in [0.25, 0.3) is 0 Å². The average Bonchev–Trinajstić information content (AvgIpc) is 2.26. The molecule has 0 radical (unpaired) electrons. The fourth-order valence-electron chi connectivity index (χ4n) is 1.55. The minimum Gasteiger partial charge on any atom is -0.412 e. The van der Waals surface area contributed by atoms with Gasteiger partial charge in [-0.05, 0) is 40.2 Å². The normalized spacial score (nSPS) is 17.1. The van der Waals surface area contributed by atoms with Crippen LogP contribution in [0.2, 0.25) is 0 Å². The molecule has 0 aliphatic rings. The van der Waals surface area contributed by atoms with Crippen molar-refractivity contribution < 1.29 is 15.3 Å². The molecule has 0 rings (SSSR count). The standard InChI is InChI=1S/C15H32N2O2.C2H6.H2O/c1-11(13(2,3)4)10-12(16)17(9)15(8,18)19-14(5,6)7;1-2;/h10,12,18H,16H2,1-9H3;1-2H3;1H2/b11-10+;;. The molecule has 0 aromatic carbocycles. The van der Waals surface area contributed by atoms with E-state index in [1.807, 2.05) is 47.6 Å². The molecule has 5 heteroatoms. The second-order valence-corrected chi connectivity index (χ2v) is 7.35. The number of likely N-dealkylation sites (N-methyl/N-ethyl adjacent to an activating group) is 1. The second-order valence-electron chi connectivity index (χ2n) is 7.35. The molecule has 0 fully saturated rings. The lowest BCUT2D eigenvalue weighted by atomic mass is 9.87. The minimum absolute atomic E-state index is 0. The molecule has 0 saturated heterocycles. The van der Waals surface area contributed by atoms with Gasteiger partial charge in [0, 0.05) is 6.92 Å². The van der Waals surface area contributed by atoms with E-state index in [2.05, 4.69) is 20.8 Å². The van der Waals surface area contributed by atoms with Gasteiger partial charge in [-0.2, -0.15) is 0 Å². The van der Waals surface area contributed by atoms with Gasteiger partial charge in [0.2, 0.25) is 5.91 Å². The molecule has 5 nitrogen and oxygen atoms in total. The lowest BCUT2D eigenvalue weighted by Gasteiger charge is -2.41. The first-order valence-corrected chi connectivity index (χ1v) is 7.77. The van der Waals surface area contributed by atoms with Crippen molar-refractivity contribution in [2.24, 2.45) is 11.1 Å². The van der Waals surface area contributed by atoms with Gasteiger partial charge in [-0.1, -0.05) is 46.3 Å². The van der Waals surface area contributed by atoms with Crippen LogP contribution in [0, 0.1) is 5.41 Å². The van der Waals surface area contributed by atoms with Gasteiger partial charge in [-0.15, -0.1) is 0 Å². The summed E-state index contributed by atoms with van der Waals surface area (Å²) in [6.45, 7) is 19.8. The summed E-state index contributed by atoms with van der Waals surface area (Å²) in [6.07, 6.45) is 1.55. The minimum atomic E-state index is -1.41. The van der Waals surface area contributed by atoms with Crippen LogP contribution in [0.3, 0.4) is 0 Å². The molecular formula is C17H40N2O3. The highest BCUT2D eigenvalue weighted by Crippen LogP contribution is 2.26. The Morgan fingerprint density at radius 1 is 1.09 bits per heavy atom. The molecule has 2 unspecified atom stereocenters. The van der Waals surface area contributed by atoms with Crippen molar-refractivity contribution in [2.45, 2.75) is 86.9 Å². The van der Waals surface area contributed by atoms with Gasteiger partial charge in [0.15, 0.2) is 0 Å². The maximum absolute atomic E-state index is 10.4. The van der Waals surface area contributed by atoms with E-state index in [1.165, 1.54) is 5.57 Å². The Labute approximate surface area is 137 Å². The van der Waals surface area contributed by atoms with Crippen molar-refractivity contribution in [3.05, 3.63) is 11.6 Å². The highest BCUT2D eigenvalue weighted by atomic mass is 16.7. The molecule has 2 atom stereocenters. The zero-order chi connectivity index (χ0) is 17.6. The summed E-state index contributed by atoms with van der Waals surface area (Å²) in [6, 6.07) is 0. The van der Waals surface area contributed by atoms with Crippen LogP contribution in [-0.2, 0) is 4.74 Å². The van der Waals surface area contributed by atoms with Crippen molar-refractivity contribution in [2.75, 3.05) is 7.05 Å². The highest BCUT2D eigenvalue weighted by Gasteiger charge is 2.34. The molecule has 136 valence electrons. The Balaban J connectivity index is -0.00000115. The number of aliphatic hydroxyl groups is 1. The van der Waals surface area contributed by atoms with E-state index in [1.54, 1.807) is 18.9 Å². The second kappa shape index (κ2) is 9.63. The van der Waals surface area contributed by atoms with Crippen LogP contribution in [-0.4, -0.2) is 40.2 Å². The Hall–Kier alpha value is -0.460. The van der Waals surface area contributed by atoms with Gasteiger partial charge < -0.3 is 21.1 Å². The van der Waals surface area contributed by atoms with E-state index in [-0.39, 0.29) is 10.9 Å². The van der Waals surface area contributed by atoms with Gasteiger partial charge in [-0.25, -0.2) is 4.90 Å². The SMILES string of the molecule is C/C(=C\C(N)N(C)C(C)(O)OC(C)(C)C)C(C)(C)C.CC.O. The summed E-state index contributed by atoms with van der Waals surface area (Å²) in [4.78, 5) is 1.62. The van der Waals surface area contributed by atoms with Gasteiger partial charge in [-0.3, -0.25) is 0 Å². The molecule has 5 N–H and O–H groups in total. The smallest absolute Gasteiger partial charge is 0.226 e. The van der Waals surface area contributed by atoms with E-state index >= 15 is 0 Å². The number of hydrogen-bond acceptors (Lipinski definition) is 4. The van der Waals surface area contributed by atoms with Crippen molar-refractivity contribution >= 4 is 0 Å². The van der Waals surface area contributed by atoms with Gasteiger partial charge in [0.1, 0.15) is 0 Å². The molecule has 0 aromatic rings. The zero-order valence-corrected chi connectivity index (χ0v) is 16.5. The highest BCUT2D eigenvalue weighted by molar-refractivity contribution is 5.10. The number of rotatable bonds is 4. The van der Waals surface area contributed by atoms with E-state index in [0.29, 0.717) is 0 Å². The molecule has 0 aliphatic heterocycles. The number of nitrogens with zero attached hydrogens (tertiary/aromatic N) is 1. The summed E-state index contributed by atoms with van der Waals surface area (Å²) >= 11 is 0. The van der Waals surface area contributed by atoms with Crippen molar-refractivity contribution in [1.29, 1.82) is 0 Å². The zero-order valence-electron chi connectivity index (χ0n) is 16.5. The van der Waals surface area contributed by atoms with E-state index in [0.717, 1.165) is 0 Å². The molecule has 0 spiro atoms. The van der Waals surface area contributed by atoms with E-state index in [9.17, 15) is 5.11 Å². The maximum Gasteiger partial charge on any atom is 0.226 e. The first-order valence-electron chi connectivity index (χ1n) is 7.77. The Morgan fingerprint density at radius 2 is 1.45 bits per heavy atom. The monoisotopic (exact) mass is 320 g/mol. The van der Waals surface area contributed by atoms with Crippen molar-refractivity contribution in [3.63, 3.8) is 0 Å². The van der Waals surface area contributed by atoms with Crippen molar-refractivity contribution in [3.8, 4) is 0 Å². The summed E-state index contributed by atoms with van der Waals surface area (Å²) in [5.41, 5.74) is 6.93. The van der Waals surface area contributed by atoms with Crippen LogP contribution < -0.4 is 5.73 Å². The third-order valence-corrected chi connectivity index (χ3v) is 3.20. The first kappa shape index (κ1) is 26.4. The van der Waals surface area contributed by atoms with Crippen LogP contribution in [0.25, 0.3) is 0 Å². The summed E-state index contributed by atoms with van der Waals surface area (Å²) < 4.78 is 5.65. The Morgan fingerprint density at radius 3 is 1.73 bits per heavy atom. The van der Waals surface area contributed by atoms with Crippen LogP contribution >= 0.6 is 0 Å².